The van der Waals surface area contributed by atoms with E-state index in [0.29, 0.717) is 18.7 Å². The van der Waals surface area contributed by atoms with Gasteiger partial charge in [-0.3, -0.25) is 0 Å². The molecule has 6 nitrogen and oxygen atoms in total. The Labute approximate surface area is 205 Å². The number of aliphatic hydroxyl groups is 1. The SMILES string of the molecule is CN(CCC(C)(C)O)[C@H]1CCCC[C@@H]1Nc1cc(F)c(S(=O)(=O)Cc2cccc(F)n2)cc1Cl. The van der Waals surface area contributed by atoms with Crippen molar-refractivity contribution in [3.05, 3.63) is 52.8 Å². The van der Waals surface area contributed by atoms with E-state index >= 15 is 0 Å². The maximum absolute atomic E-state index is 15.0. The summed E-state index contributed by atoms with van der Waals surface area (Å²) in [6.07, 6.45) is 4.52. The highest BCUT2D eigenvalue weighted by molar-refractivity contribution is 7.90. The van der Waals surface area contributed by atoms with Crippen LogP contribution in [-0.2, 0) is 15.6 Å². The van der Waals surface area contributed by atoms with Gasteiger partial charge in [0.2, 0.25) is 5.95 Å². The smallest absolute Gasteiger partial charge is 0.213 e. The molecule has 1 aromatic carbocycles. The second kappa shape index (κ2) is 10.8. The number of anilines is 1. The normalized spacial score (nSPS) is 19.4. The Morgan fingerprint density at radius 2 is 1.94 bits per heavy atom. The van der Waals surface area contributed by atoms with Crippen LogP contribution in [0.1, 0.15) is 51.6 Å². The number of sulfone groups is 1. The van der Waals surface area contributed by atoms with Crippen molar-refractivity contribution in [3.8, 4) is 0 Å². The number of nitrogens with zero attached hydrogens (tertiary/aromatic N) is 2. The number of likely N-dealkylation sites (N-methyl/N-ethyl adjacent to an activating group) is 1. The fourth-order valence-corrected chi connectivity index (χ4v) is 5.95. The summed E-state index contributed by atoms with van der Waals surface area (Å²) >= 11 is 6.39. The minimum absolute atomic E-state index is 0.00333. The van der Waals surface area contributed by atoms with Gasteiger partial charge in [0.25, 0.3) is 0 Å². The van der Waals surface area contributed by atoms with Gasteiger partial charge >= 0.3 is 0 Å². The zero-order valence-electron chi connectivity index (χ0n) is 19.7. The molecule has 0 bridgehead atoms. The zero-order valence-corrected chi connectivity index (χ0v) is 21.3. The first-order chi connectivity index (χ1) is 15.9. The molecule has 1 saturated carbocycles. The van der Waals surface area contributed by atoms with Gasteiger partial charge in [-0.1, -0.05) is 30.5 Å². The van der Waals surface area contributed by atoms with Gasteiger partial charge in [-0.05, 0) is 64.4 Å². The van der Waals surface area contributed by atoms with Crippen LogP contribution in [0.15, 0.2) is 35.2 Å². The average molecular weight is 516 g/mol. The Balaban J connectivity index is 1.78. The first-order valence-corrected chi connectivity index (χ1v) is 13.4. The molecule has 1 aliphatic rings. The maximum Gasteiger partial charge on any atom is 0.213 e. The zero-order chi connectivity index (χ0) is 25.1. The number of hydrogen-bond acceptors (Lipinski definition) is 6. The lowest BCUT2D eigenvalue weighted by Crippen LogP contribution is -2.48. The number of aromatic nitrogens is 1. The molecule has 1 heterocycles. The molecule has 2 aromatic rings. The summed E-state index contributed by atoms with van der Waals surface area (Å²) in [5, 5.41) is 13.5. The molecule has 0 radical (unpaired) electrons. The standard InChI is InChI=1S/C24H32ClF2N3O3S/c1-24(2,31)11-12-30(3)21-9-5-4-8-19(21)29-20-14-18(26)22(13-17(20)25)34(32,33)15-16-7-6-10-23(27)28-16/h6-7,10,13-14,19,21,29,31H,4-5,8-9,11-12,15H2,1-3H3/t19-,21-/m0/s1. The number of halogens is 3. The Hall–Kier alpha value is -1.81. The molecule has 1 aromatic heterocycles. The molecule has 1 fully saturated rings. The minimum atomic E-state index is -4.13. The number of benzene rings is 1. The molecule has 0 spiro atoms. The fourth-order valence-electron chi connectivity index (χ4n) is 4.30. The van der Waals surface area contributed by atoms with Gasteiger partial charge in [0, 0.05) is 18.6 Å². The second-order valence-electron chi connectivity index (χ2n) is 9.62. The summed E-state index contributed by atoms with van der Waals surface area (Å²) in [5.74, 6) is -2.37. The van der Waals surface area contributed by atoms with E-state index in [9.17, 15) is 22.3 Å². The predicted molar refractivity (Wildman–Crippen MR) is 130 cm³/mol. The number of hydrogen-bond donors (Lipinski definition) is 2. The topological polar surface area (TPSA) is 82.5 Å². The lowest BCUT2D eigenvalue weighted by Gasteiger charge is -2.39. The minimum Gasteiger partial charge on any atom is -0.390 e. The van der Waals surface area contributed by atoms with E-state index in [2.05, 4.69) is 15.2 Å². The predicted octanol–water partition coefficient (Wildman–Crippen LogP) is 4.80. The maximum atomic E-state index is 15.0. The van der Waals surface area contributed by atoms with Crippen LogP contribution < -0.4 is 5.32 Å². The van der Waals surface area contributed by atoms with Crippen molar-refractivity contribution in [2.75, 3.05) is 18.9 Å². The molecular weight excluding hydrogens is 484 g/mol. The fraction of sp³-hybridized carbons (Fsp3) is 0.542. The average Bonchev–Trinajstić information content (AvgIpc) is 2.74. The quantitative estimate of drug-likeness (QED) is 0.467. The van der Waals surface area contributed by atoms with Crippen molar-refractivity contribution in [1.82, 2.24) is 9.88 Å². The Morgan fingerprint density at radius 1 is 1.24 bits per heavy atom. The van der Waals surface area contributed by atoms with Crippen LogP contribution in [0.2, 0.25) is 5.02 Å². The molecule has 0 unspecified atom stereocenters. The number of pyridine rings is 1. The summed E-state index contributed by atoms with van der Waals surface area (Å²) in [6, 6.07) is 6.19. The molecule has 1 aliphatic carbocycles. The van der Waals surface area contributed by atoms with Crippen LogP contribution in [0.3, 0.4) is 0 Å². The van der Waals surface area contributed by atoms with Crippen molar-refractivity contribution in [2.45, 2.75) is 74.3 Å². The lowest BCUT2D eigenvalue weighted by molar-refractivity contribution is 0.0513. The van der Waals surface area contributed by atoms with E-state index in [0.717, 1.165) is 43.9 Å². The van der Waals surface area contributed by atoms with Gasteiger partial charge in [-0.2, -0.15) is 4.39 Å². The van der Waals surface area contributed by atoms with E-state index in [4.69, 9.17) is 11.6 Å². The molecule has 188 valence electrons. The summed E-state index contributed by atoms with van der Waals surface area (Å²) in [5.41, 5.74) is -0.452. The number of rotatable bonds is 9. The van der Waals surface area contributed by atoms with E-state index < -0.39 is 37.9 Å². The third-order valence-corrected chi connectivity index (χ3v) is 8.15. The highest BCUT2D eigenvalue weighted by Crippen LogP contribution is 2.33. The molecular formula is C24H32ClF2N3O3S. The molecule has 2 atom stereocenters. The van der Waals surface area contributed by atoms with Crippen LogP contribution in [0.5, 0.6) is 0 Å². The third-order valence-electron chi connectivity index (χ3n) is 6.18. The van der Waals surface area contributed by atoms with Gasteiger partial charge in [0.1, 0.15) is 10.7 Å². The molecule has 0 aliphatic heterocycles. The third kappa shape index (κ3) is 7.10. The van der Waals surface area contributed by atoms with Crippen molar-refractivity contribution < 1.29 is 22.3 Å². The van der Waals surface area contributed by atoms with Crippen LogP contribution in [-0.4, -0.2) is 54.7 Å². The van der Waals surface area contributed by atoms with Crippen LogP contribution >= 0.6 is 11.6 Å². The summed E-state index contributed by atoms with van der Waals surface area (Å²) in [7, 11) is -2.12. The molecule has 34 heavy (non-hydrogen) atoms. The van der Waals surface area contributed by atoms with Gasteiger partial charge in [0.05, 0.1) is 27.8 Å². The Kier molecular flexibility index (Phi) is 8.55. The molecule has 2 N–H and O–H groups in total. The first-order valence-electron chi connectivity index (χ1n) is 11.4. The second-order valence-corrected chi connectivity index (χ2v) is 12.0. The molecule has 0 amide bonds. The summed E-state index contributed by atoms with van der Waals surface area (Å²) in [6.45, 7) is 4.26. The largest absolute Gasteiger partial charge is 0.390 e. The van der Waals surface area contributed by atoms with Gasteiger partial charge in [-0.15, -0.1) is 0 Å². The van der Waals surface area contributed by atoms with E-state index in [1.54, 1.807) is 13.8 Å². The first kappa shape index (κ1) is 26.8. The monoisotopic (exact) mass is 515 g/mol. The highest BCUT2D eigenvalue weighted by Gasteiger charge is 2.30. The molecule has 0 saturated heterocycles. The van der Waals surface area contributed by atoms with Crippen molar-refractivity contribution in [2.24, 2.45) is 0 Å². The van der Waals surface area contributed by atoms with E-state index in [1.807, 2.05) is 7.05 Å². The van der Waals surface area contributed by atoms with Crippen LogP contribution in [0, 0.1) is 11.8 Å². The molecule has 10 heteroatoms. The van der Waals surface area contributed by atoms with Crippen molar-refractivity contribution >= 4 is 27.1 Å². The van der Waals surface area contributed by atoms with Gasteiger partial charge in [0.15, 0.2) is 9.84 Å². The van der Waals surface area contributed by atoms with Crippen molar-refractivity contribution in [3.63, 3.8) is 0 Å². The van der Waals surface area contributed by atoms with Gasteiger partial charge in [-0.25, -0.2) is 17.8 Å². The Bertz CT molecular complexity index is 1110. The summed E-state index contributed by atoms with van der Waals surface area (Å²) < 4.78 is 53.8. The van der Waals surface area contributed by atoms with E-state index in [-0.39, 0.29) is 22.8 Å². The van der Waals surface area contributed by atoms with Crippen LogP contribution in [0.25, 0.3) is 0 Å². The van der Waals surface area contributed by atoms with Gasteiger partial charge < -0.3 is 15.3 Å². The highest BCUT2D eigenvalue weighted by atomic mass is 35.5. The summed E-state index contributed by atoms with van der Waals surface area (Å²) in [4.78, 5) is 5.21. The van der Waals surface area contributed by atoms with Crippen LogP contribution in [0.4, 0.5) is 14.5 Å². The molecule has 3 rings (SSSR count). The van der Waals surface area contributed by atoms with E-state index in [1.165, 1.54) is 12.1 Å². The van der Waals surface area contributed by atoms with Crippen molar-refractivity contribution in [1.29, 1.82) is 0 Å². The Morgan fingerprint density at radius 3 is 2.62 bits per heavy atom. The number of nitrogens with one attached hydrogen (secondary N) is 1. The lowest BCUT2D eigenvalue weighted by atomic mass is 9.88.